The Hall–Kier alpha value is -1.81. The van der Waals surface area contributed by atoms with Gasteiger partial charge >= 0.3 is 5.97 Å². The fourth-order valence-electron chi connectivity index (χ4n) is 1.44. The summed E-state index contributed by atoms with van der Waals surface area (Å²) < 4.78 is 10.0. The minimum absolute atomic E-state index is 0.133. The zero-order chi connectivity index (χ0) is 13.0. The molecule has 0 aliphatic carbocycles. The van der Waals surface area contributed by atoms with Gasteiger partial charge in [-0.2, -0.15) is 0 Å². The number of ether oxygens (including phenoxy) is 2. The van der Waals surface area contributed by atoms with Gasteiger partial charge in [-0.3, -0.25) is 0 Å². The van der Waals surface area contributed by atoms with Crippen molar-refractivity contribution < 1.29 is 14.3 Å². The zero-order valence-corrected chi connectivity index (χ0v) is 10.6. The van der Waals surface area contributed by atoms with Crippen LogP contribution in [0.1, 0.15) is 17.9 Å². The Bertz CT molecular complexity index is 496. The first-order valence-corrected chi connectivity index (χ1v) is 5.97. The van der Waals surface area contributed by atoms with E-state index in [1.807, 2.05) is 37.3 Å². The van der Waals surface area contributed by atoms with Crippen LogP contribution < -0.4 is 0 Å². The first-order valence-electron chi connectivity index (χ1n) is 5.54. The van der Waals surface area contributed by atoms with Crippen molar-refractivity contribution in [3.8, 4) is 0 Å². The van der Waals surface area contributed by atoms with Gasteiger partial charge in [0.2, 0.25) is 5.90 Å². The van der Waals surface area contributed by atoms with Crippen LogP contribution in [0, 0.1) is 0 Å². The summed E-state index contributed by atoms with van der Waals surface area (Å²) in [7, 11) is 0. The average molecular weight is 266 g/mol. The minimum Gasteiger partial charge on any atom is -0.499 e. The lowest BCUT2D eigenvalue weighted by Crippen LogP contribution is -2.10. The van der Waals surface area contributed by atoms with Gasteiger partial charge in [0.1, 0.15) is 11.6 Å². The van der Waals surface area contributed by atoms with Gasteiger partial charge < -0.3 is 9.47 Å². The number of aliphatic imine (C=N–C) groups is 1. The SMILES string of the molecule is CCO/C=C1\N=C([C@H](Cl)c2ccccc2)OC1=O. The summed E-state index contributed by atoms with van der Waals surface area (Å²) in [5.41, 5.74) is 0.955. The predicted molar refractivity (Wildman–Crippen MR) is 68.3 cm³/mol. The highest BCUT2D eigenvalue weighted by Gasteiger charge is 2.29. The summed E-state index contributed by atoms with van der Waals surface area (Å²) in [5.74, 6) is -0.362. The molecule has 0 unspecified atom stereocenters. The van der Waals surface area contributed by atoms with E-state index in [0.717, 1.165) is 5.56 Å². The second kappa shape index (κ2) is 5.69. The molecule has 0 fully saturated rings. The zero-order valence-electron chi connectivity index (χ0n) is 9.80. The standard InChI is InChI=1S/C13H12ClNO3/c1-2-17-8-10-13(16)18-12(15-10)11(14)9-6-4-3-5-7-9/h3-8,11H,2H2,1H3/b10-8-/t11-/m1/s1. The van der Waals surface area contributed by atoms with Crippen LogP contribution in [0.3, 0.4) is 0 Å². The van der Waals surface area contributed by atoms with Gasteiger partial charge in [0.15, 0.2) is 5.70 Å². The van der Waals surface area contributed by atoms with Crippen molar-refractivity contribution in [2.24, 2.45) is 4.99 Å². The van der Waals surface area contributed by atoms with E-state index in [-0.39, 0.29) is 11.6 Å². The molecule has 1 heterocycles. The Morgan fingerprint density at radius 2 is 2.17 bits per heavy atom. The van der Waals surface area contributed by atoms with Crippen LogP contribution in [-0.2, 0) is 14.3 Å². The van der Waals surface area contributed by atoms with E-state index in [0.29, 0.717) is 6.61 Å². The van der Waals surface area contributed by atoms with Gasteiger partial charge in [-0.25, -0.2) is 9.79 Å². The largest absolute Gasteiger partial charge is 0.499 e. The van der Waals surface area contributed by atoms with E-state index >= 15 is 0 Å². The number of carbonyl (C=O) groups is 1. The maximum absolute atomic E-state index is 11.5. The van der Waals surface area contributed by atoms with E-state index in [1.165, 1.54) is 6.26 Å². The lowest BCUT2D eigenvalue weighted by molar-refractivity contribution is -0.130. The van der Waals surface area contributed by atoms with Crippen LogP contribution in [0.15, 0.2) is 47.3 Å². The third-order valence-corrected chi connectivity index (χ3v) is 2.75. The third-order valence-electron chi connectivity index (χ3n) is 2.31. The van der Waals surface area contributed by atoms with Crippen LogP contribution in [0.25, 0.3) is 0 Å². The summed E-state index contributed by atoms with van der Waals surface area (Å²) in [6.45, 7) is 2.28. The fraction of sp³-hybridized carbons (Fsp3) is 0.231. The second-order valence-corrected chi connectivity index (χ2v) is 4.01. The third kappa shape index (κ3) is 2.71. The van der Waals surface area contributed by atoms with E-state index in [1.54, 1.807) is 0 Å². The number of rotatable bonds is 4. The number of nitrogens with zero attached hydrogens (tertiary/aromatic N) is 1. The average Bonchev–Trinajstić information content (AvgIpc) is 2.78. The number of esters is 1. The number of hydrogen-bond donors (Lipinski definition) is 0. The molecule has 0 N–H and O–H groups in total. The normalized spacial score (nSPS) is 18.4. The number of benzene rings is 1. The highest BCUT2D eigenvalue weighted by molar-refractivity contribution is 6.32. The van der Waals surface area contributed by atoms with Gasteiger partial charge in [0.25, 0.3) is 0 Å². The molecular weight excluding hydrogens is 254 g/mol. The molecule has 94 valence electrons. The molecule has 0 aromatic heterocycles. The number of hydrogen-bond acceptors (Lipinski definition) is 4. The first kappa shape index (κ1) is 12.6. The number of alkyl halides is 1. The Labute approximate surface area is 110 Å². The first-order chi connectivity index (χ1) is 8.72. The highest BCUT2D eigenvalue weighted by Crippen LogP contribution is 2.27. The van der Waals surface area contributed by atoms with E-state index < -0.39 is 11.3 Å². The molecule has 1 aliphatic heterocycles. The smallest absolute Gasteiger partial charge is 0.366 e. The van der Waals surface area contributed by atoms with Crippen molar-refractivity contribution in [1.29, 1.82) is 0 Å². The second-order valence-electron chi connectivity index (χ2n) is 3.57. The highest BCUT2D eigenvalue weighted by atomic mass is 35.5. The predicted octanol–water partition coefficient (Wildman–Crippen LogP) is 2.80. The van der Waals surface area contributed by atoms with Gasteiger partial charge in [0, 0.05) is 0 Å². The van der Waals surface area contributed by atoms with Crippen molar-refractivity contribution >= 4 is 23.5 Å². The van der Waals surface area contributed by atoms with Crippen molar-refractivity contribution in [2.75, 3.05) is 6.61 Å². The maximum atomic E-state index is 11.5. The molecule has 1 aromatic rings. The molecule has 1 aromatic carbocycles. The van der Waals surface area contributed by atoms with E-state index in [4.69, 9.17) is 21.1 Å². The summed E-state index contributed by atoms with van der Waals surface area (Å²) in [4.78, 5) is 15.5. The Kier molecular flexibility index (Phi) is 3.99. The van der Waals surface area contributed by atoms with Crippen molar-refractivity contribution in [2.45, 2.75) is 12.3 Å². The van der Waals surface area contributed by atoms with Gasteiger partial charge in [-0.05, 0) is 12.5 Å². The van der Waals surface area contributed by atoms with Crippen LogP contribution >= 0.6 is 11.6 Å². The molecule has 4 nitrogen and oxygen atoms in total. The van der Waals surface area contributed by atoms with Crippen LogP contribution in [0.4, 0.5) is 0 Å². The molecule has 0 spiro atoms. The van der Waals surface area contributed by atoms with E-state index in [9.17, 15) is 4.79 Å². The van der Waals surface area contributed by atoms with Crippen LogP contribution in [-0.4, -0.2) is 18.5 Å². The van der Waals surface area contributed by atoms with Crippen molar-refractivity contribution in [3.05, 3.63) is 47.9 Å². The number of halogens is 1. The van der Waals surface area contributed by atoms with Gasteiger partial charge in [-0.1, -0.05) is 30.3 Å². The molecule has 1 atom stereocenters. The molecule has 0 bridgehead atoms. The molecule has 0 amide bonds. The summed E-state index contributed by atoms with van der Waals surface area (Å²) in [5, 5.41) is -0.581. The molecule has 0 saturated heterocycles. The van der Waals surface area contributed by atoms with Crippen LogP contribution in [0.2, 0.25) is 0 Å². The molecule has 1 aliphatic rings. The fourth-order valence-corrected chi connectivity index (χ4v) is 1.68. The minimum atomic E-state index is -0.581. The molecule has 5 heteroatoms. The van der Waals surface area contributed by atoms with Crippen LogP contribution in [0.5, 0.6) is 0 Å². The summed E-state index contributed by atoms with van der Waals surface area (Å²) >= 11 is 6.20. The Morgan fingerprint density at radius 1 is 1.44 bits per heavy atom. The molecule has 18 heavy (non-hydrogen) atoms. The monoisotopic (exact) mass is 265 g/mol. The lowest BCUT2D eigenvalue weighted by Gasteiger charge is -2.07. The van der Waals surface area contributed by atoms with Crippen molar-refractivity contribution in [3.63, 3.8) is 0 Å². The summed E-state index contributed by atoms with van der Waals surface area (Å²) in [6, 6.07) is 9.30. The molecule has 0 saturated carbocycles. The van der Waals surface area contributed by atoms with Gasteiger partial charge in [-0.15, -0.1) is 11.6 Å². The lowest BCUT2D eigenvalue weighted by atomic mass is 10.1. The van der Waals surface area contributed by atoms with Crippen molar-refractivity contribution in [1.82, 2.24) is 0 Å². The van der Waals surface area contributed by atoms with Gasteiger partial charge in [0.05, 0.1) is 6.61 Å². The van der Waals surface area contributed by atoms with E-state index in [2.05, 4.69) is 4.99 Å². The molecule has 2 rings (SSSR count). The molecule has 0 radical (unpaired) electrons. The Balaban J connectivity index is 2.18. The maximum Gasteiger partial charge on any atom is 0.366 e. The number of cyclic esters (lactones) is 1. The Morgan fingerprint density at radius 3 is 2.83 bits per heavy atom. The molecular formula is C13H12ClNO3. The summed E-state index contributed by atoms with van der Waals surface area (Å²) in [6.07, 6.45) is 1.28. The quantitative estimate of drug-likeness (QED) is 0.364. The topological polar surface area (TPSA) is 47.9 Å². The number of carbonyl (C=O) groups excluding carboxylic acids is 1.